The number of methoxy groups -OCH3 is 1. The molecule has 0 amide bonds. The van der Waals surface area contributed by atoms with E-state index >= 15 is 0 Å². The van der Waals surface area contributed by atoms with E-state index < -0.39 is 0 Å². The molecule has 0 radical (unpaired) electrons. The molecule has 0 fully saturated rings. The molecule has 4 heteroatoms. The highest BCUT2D eigenvalue weighted by molar-refractivity contribution is 5.79. The van der Waals surface area contributed by atoms with Crippen LogP contribution in [0.3, 0.4) is 0 Å². The van der Waals surface area contributed by atoms with Gasteiger partial charge >= 0.3 is 0 Å². The van der Waals surface area contributed by atoms with Crippen LogP contribution in [-0.2, 0) is 6.54 Å². The average Bonchev–Trinajstić information content (AvgIpc) is 2.55. The smallest absolute Gasteiger partial charge is 0.261 e. The molecule has 0 unspecified atom stereocenters. The summed E-state index contributed by atoms with van der Waals surface area (Å²) in [6.07, 6.45) is 0. The van der Waals surface area contributed by atoms with Crippen LogP contribution < -0.4 is 10.3 Å². The number of fused-ring (bicyclic) bond motifs is 1. The molecule has 3 aromatic rings. The van der Waals surface area contributed by atoms with Crippen LogP contribution in [0.5, 0.6) is 5.75 Å². The summed E-state index contributed by atoms with van der Waals surface area (Å²) in [4.78, 5) is 17.3. The predicted molar refractivity (Wildman–Crippen MR) is 83.7 cm³/mol. The van der Waals surface area contributed by atoms with Crippen LogP contribution in [0.1, 0.15) is 6.92 Å². The maximum absolute atomic E-state index is 12.6. The van der Waals surface area contributed by atoms with Gasteiger partial charge in [-0.3, -0.25) is 9.36 Å². The van der Waals surface area contributed by atoms with Gasteiger partial charge in [-0.15, -0.1) is 0 Å². The van der Waals surface area contributed by atoms with Gasteiger partial charge in [0.2, 0.25) is 0 Å². The third-order valence-electron chi connectivity index (χ3n) is 3.51. The Morgan fingerprint density at radius 3 is 2.71 bits per heavy atom. The predicted octanol–water partition coefficient (Wildman–Crippen LogP) is 3.09. The molecule has 1 heterocycles. The van der Waals surface area contributed by atoms with Crippen molar-refractivity contribution < 1.29 is 4.74 Å². The summed E-state index contributed by atoms with van der Waals surface area (Å²) in [5, 5.41) is 0.644. The molecule has 3 rings (SSSR count). The maximum atomic E-state index is 12.6. The average molecular weight is 280 g/mol. The Morgan fingerprint density at radius 1 is 1.14 bits per heavy atom. The van der Waals surface area contributed by atoms with E-state index in [1.165, 1.54) is 0 Å². The van der Waals surface area contributed by atoms with Crippen LogP contribution in [0.25, 0.3) is 22.3 Å². The van der Waals surface area contributed by atoms with Gasteiger partial charge in [0.05, 0.1) is 18.0 Å². The van der Waals surface area contributed by atoms with Gasteiger partial charge in [0, 0.05) is 12.1 Å². The number of aromatic nitrogens is 2. The van der Waals surface area contributed by atoms with Crippen LogP contribution in [0.2, 0.25) is 0 Å². The molecule has 0 N–H and O–H groups in total. The molecule has 0 aliphatic heterocycles. The lowest BCUT2D eigenvalue weighted by atomic mass is 10.1. The Bertz CT molecular complexity index is 853. The van der Waals surface area contributed by atoms with Gasteiger partial charge in [0.1, 0.15) is 11.6 Å². The second kappa shape index (κ2) is 5.40. The van der Waals surface area contributed by atoms with E-state index in [1.54, 1.807) is 11.7 Å². The monoisotopic (exact) mass is 280 g/mol. The van der Waals surface area contributed by atoms with Gasteiger partial charge in [-0.25, -0.2) is 4.98 Å². The van der Waals surface area contributed by atoms with Crippen LogP contribution in [-0.4, -0.2) is 16.7 Å². The van der Waals surface area contributed by atoms with Gasteiger partial charge in [0.25, 0.3) is 5.56 Å². The van der Waals surface area contributed by atoms with Crippen LogP contribution >= 0.6 is 0 Å². The lowest BCUT2D eigenvalue weighted by Gasteiger charge is -2.12. The topological polar surface area (TPSA) is 44.1 Å². The van der Waals surface area contributed by atoms with Crippen molar-refractivity contribution in [1.82, 2.24) is 9.55 Å². The molecular weight excluding hydrogens is 264 g/mol. The molecule has 0 aliphatic rings. The van der Waals surface area contributed by atoms with Gasteiger partial charge in [-0.1, -0.05) is 24.3 Å². The van der Waals surface area contributed by atoms with Gasteiger partial charge in [-0.2, -0.15) is 0 Å². The molecule has 0 atom stereocenters. The first-order valence-electron chi connectivity index (χ1n) is 6.88. The highest BCUT2D eigenvalue weighted by atomic mass is 16.5. The fourth-order valence-electron chi connectivity index (χ4n) is 2.44. The van der Waals surface area contributed by atoms with Crippen molar-refractivity contribution in [3.8, 4) is 17.1 Å². The van der Waals surface area contributed by atoms with E-state index in [0.717, 1.165) is 11.3 Å². The number of rotatable bonds is 3. The van der Waals surface area contributed by atoms with E-state index in [-0.39, 0.29) is 5.56 Å². The number of hydrogen-bond donors (Lipinski definition) is 0. The summed E-state index contributed by atoms with van der Waals surface area (Å²) in [6, 6.07) is 15.0. The molecule has 0 aliphatic carbocycles. The first-order chi connectivity index (χ1) is 10.2. The number of ether oxygens (including phenoxy) is 1. The van der Waals surface area contributed by atoms with E-state index in [1.807, 2.05) is 55.5 Å². The first-order valence-corrected chi connectivity index (χ1v) is 6.88. The number of para-hydroxylation sites is 1. The second-order valence-corrected chi connectivity index (χ2v) is 4.73. The molecule has 0 saturated carbocycles. The van der Waals surface area contributed by atoms with E-state index in [9.17, 15) is 4.79 Å². The SMILES string of the molecule is CCn1c(-c2cccc(OC)c2)nc2ccccc2c1=O. The number of hydrogen-bond acceptors (Lipinski definition) is 3. The van der Waals surface area contributed by atoms with Crippen molar-refractivity contribution >= 4 is 10.9 Å². The van der Waals surface area contributed by atoms with Crippen molar-refractivity contribution in [3.05, 3.63) is 58.9 Å². The van der Waals surface area contributed by atoms with Crippen molar-refractivity contribution in [2.75, 3.05) is 7.11 Å². The fourth-order valence-corrected chi connectivity index (χ4v) is 2.44. The zero-order valence-electron chi connectivity index (χ0n) is 12.0. The summed E-state index contributed by atoms with van der Waals surface area (Å²) in [5.74, 6) is 1.41. The van der Waals surface area contributed by atoms with Crippen molar-refractivity contribution in [2.24, 2.45) is 0 Å². The molecule has 106 valence electrons. The van der Waals surface area contributed by atoms with Crippen LogP contribution in [0.4, 0.5) is 0 Å². The molecule has 0 saturated heterocycles. The summed E-state index contributed by atoms with van der Waals surface area (Å²) < 4.78 is 6.94. The largest absolute Gasteiger partial charge is 0.497 e. The molecule has 0 spiro atoms. The standard InChI is InChI=1S/C17H16N2O2/c1-3-19-16(12-7-6-8-13(11-12)21-2)18-15-10-5-4-9-14(15)17(19)20/h4-11H,3H2,1-2H3. The lowest BCUT2D eigenvalue weighted by Crippen LogP contribution is -2.22. The zero-order chi connectivity index (χ0) is 14.8. The minimum Gasteiger partial charge on any atom is -0.497 e. The Hall–Kier alpha value is -2.62. The first kappa shape index (κ1) is 13.4. The summed E-state index contributed by atoms with van der Waals surface area (Å²) in [7, 11) is 1.62. The highest BCUT2D eigenvalue weighted by Crippen LogP contribution is 2.23. The molecule has 0 bridgehead atoms. The summed E-state index contributed by atoms with van der Waals surface area (Å²) in [6.45, 7) is 2.52. The Labute approximate surface area is 122 Å². The number of nitrogens with zero attached hydrogens (tertiary/aromatic N) is 2. The quantitative estimate of drug-likeness (QED) is 0.740. The molecule has 21 heavy (non-hydrogen) atoms. The summed E-state index contributed by atoms with van der Waals surface area (Å²) >= 11 is 0. The normalized spacial score (nSPS) is 10.8. The van der Waals surface area contributed by atoms with Crippen molar-refractivity contribution in [2.45, 2.75) is 13.5 Å². The van der Waals surface area contributed by atoms with Gasteiger partial charge < -0.3 is 4.74 Å². The van der Waals surface area contributed by atoms with Crippen molar-refractivity contribution in [3.63, 3.8) is 0 Å². The molecular formula is C17H16N2O2. The maximum Gasteiger partial charge on any atom is 0.261 e. The van der Waals surface area contributed by atoms with E-state index in [2.05, 4.69) is 4.98 Å². The number of benzene rings is 2. The fraction of sp³-hybridized carbons (Fsp3) is 0.176. The van der Waals surface area contributed by atoms with Crippen molar-refractivity contribution in [1.29, 1.82) is 0 Å². The molecule has 2 aromatic carbocycles. The Balaban J connectivity index is 2.33. The molecule has 4 nitrogen and oxygen atoms in total. The second-order valence-electron chi connectivity index (χ2n) is 4.73. The van der Waals surface area contributed by atoms with Gasteiger partial charge in [-0.05, 0) is 31.2 Å². The zero-order valence-corrected chi connectivity index (χ0v) is 12.0. The third-order valence-corrected chi connectivity index (χ3v) is 3.51. The third kappa shape index (κ3) is 2.29. The Kier molecular flexibility index (Phi) is 3.44. The van der Waals surface area contributed by atoms with Crippen LogP contribution in [0.15, 0.2) is 53.3 Å². The van der Waals surface area contributed by atoms with E-state index in [4.69, 9.17) is 4.74 Å². The highest BCUT2D eigenvalue weighted by Gasteiger charge is 2.11. The van der Waals surface area contributed by atoms with Crippen LogP contribution in [0, 0.1) is 0 Å². The van der Waals surface area contributed by atoms with E-state index in [0.29, 0.717) is 23.3 Å². The summed E-state index contributed by atoms with van der Waals surface area (Å²) in [5.41, 5.74) is 1.57. The lowest BCUT2D eigenvalue weighted by molar-refractivity contribution is 0.415. The molecule has 1 aromatic heterocycles. The minimum atomic E-state index is -0.0130. The minimum absolute atomic E-state index is 0.0130. The Morgan fingerprint density at radius 2 is 1.95 bits per heavy atom. The van der Waals surface area contributed by atoms with Gasteiger partial charge in [0.15, 0.2) is 0 Å².